The second kappa shape index (κ2) is 3.42. The maximum atomic E-state index is 3.89. The molecular weight excluding hydrogens is 210 g/mol. The summed E-state index contributed by atoms with van der Waals surface area (Å²) in [6.45, 7) is 5.64. The minimum atomic E-state index is 0.247. The molecule has 3 heteroatoms. The van der Waals surface area contributed by atoms with Crippen LogP contribution in [0.3, 0.4) is 0 Å². The number of hydrogen-bond donors (Lipinski definition) is 0. The van der Waals surface area contributed by atoms with Gasteiger partial charge in [-0.1, -0.05) is 44.2 Å². The first-order valence-corrected chi connectivity index (χ1v) is 6.02. The Labute approximate surface area is 101 Å². The molecule has 3 nitrogen and oxygen atoms in total. The molecule has 1 fully saturated rings. The first kappa shape index (κ1) is 10.5. The number of rotatable bonds is 3. The second-order valence-electron chi connectivity index (χ2n) is 5.64. The largest absolute Gasteiger partial charge is 0.319 e. The van der Waals surface area contributed by atoms with Crippen molar-refractivity contribution in [2.75, 3.05) is 0 Å². The molecule has 1 unspecified atom stereocenters. The summed E-state index contributed by atoms with van der Waals surface area (Å²) in [6, 6.07) is 10.8. The van der Waals surface area contributed by atoms with Crippen LogP contribution in [0.15, 0.2) is 43.0 Å². The Balaban J connectivity index is 1.96. The van der Waals surface area contributed by atoms with Crippen molar-refractivity contribution < 1.29 is 0 Å². The summed E-state index contributed by atoms with van der Waals surface area (Å²) in [5.41, 5.74) is 2.04. The molecule has 3 rings (SSSR count). The normalized spacial score (nSPS) is 25.8. The van der Waals surface area contributed by atoms with Gasteiger partial charge in [-0.2, -0.15) is 0 Å². The standard InChI is InChI=1S/C14H17N3/c1-13(2)8-14(13,9-17-10-15-16-11-17)12-6-4-3-5-7-12/h3-7,10-11H,8-9H2,1-2H3. The Morgan fingerprint density at radius 3 is 2.24 bits per heavy atom. The maximum Gasteiger partial charge on any atom is 0.119 e. The smallest absolute Gasteiger partial charge is 0.119 e. The van der Waals surface area contributed by atoms with Gasteiger partial charge >= 0.3 is 0 Å². The third-order valence-electron chi connectivity index (χ3n) is 4.16. The highest BCUT2D eigenvalue weighted by molar-refractivity contribution is 5.36. The highest BCUT2D eigenvalue weighted by atomic mass is 15.2. The second-order valence-corrected chi connectivity index (χ2v) is 5.64. The van der Waals surface area contributed by atoms with Crippen LogP contribution in [0.5, 0.6) is 0 Å². The Kier molecular flexibility index (Phi) is 2.12. The Bertz CT molecular complexity index is 502. The van der Waals surface area contributed by atoms with Crippen LogP contribution in [0.2, 0.25) is 0 Å². The summed E-state index contributed by atoms with van der Waals surface area (Å²) < 4.78 is 2.09. The molecule has 0 spiro atoms. The van der Waals surface area contributed by atoms with E-state index in [-0.39, 0.29) is 5.41 Å². The molecule has 88 valence electrons. The Morgan fingerprint density at radius 1 is 1.12 bits per heavy atom. The van der Waals surface area contributed by atoms with E-state index in [1.807, 2.05) is 0 Å². The quantitative estimate of drug-likeness (QED) is 0.807. The number of benzene rings is 1. The van der Waals surface area contributed by atoms with Crippen molar-refractivity contribution in [2.45, 2.75) is 32.2 Å². The summed E-state index contributed by atoms with van der Waals surface area (Å²) in [4.78, 5) is 0. The van der Waals surface area contributed by atoms with Crippen LogP contribution < -0.4 is 0 Å². The van der Waals surface area contributed by atoms with Crippen molar-refractivity contribution in [3.05, 3.63) is 48.5 Å². The number of nitrogens with zero attached hydrogens (tertiary/aromatic N) is 3. The van der Waals surface area contributed by atoms with E-state index >= 15 is 0 Å². The monoisotopic (exact) mass is 227 g/mol. The number of aromatic nitrogens is 3. The van der Waals surface area contributed by atoms with E-state index in [2.05, 4.69) is 58.9 Å². The summed E-state index contributed by atoms with van der Waals surface area (Å²) >= 11 is 0. The Hall–Kier alpha value is -1.64. The molecular formula is C14H17N3. The van der Waals surface area contributed by atoms with Gasteiger partial charge in [0.25, 0.3) is 0 Å². The van der Waals surface area contributed by atoms with Crippen LogP contribution in [-0.4, -0.2) is 14.8 Å². The van der Waals surface area contributed by atoms with E-state index in [4.69, 9.17) is 0 Å². The Morgan fingerprint density at radius 2 is 1.71 bits per heavy atom. The van der Waals surface area contributed by atoms with Crippen molar-refractivity contribution in [2.24, 2.45) is 5.41 Å². The van der Waals surface area contributed by atoms with Gasteiger partial charge in [0.2, 0.25) is 0 Å². The topological polar surface area (TPSA) is 30.7 Å². The minimum Gasteiger partial charge on any atom is -0.319 e. The first-order valence-electron chi connectivity index (χ1n) is 6.02. The number of hydrogen-bond acceptors (Lipinski definition) is 2. The summed E-state index contributed by atoms with van der Waals surface area (Å²) in [7, 11) is 0. The summed E-state index contributed by atoms with van der Waals surface area (Å²) in [5.74, 6) is 0. The average molecular weight is 227 g/mol. The van der Waals surface area contributed by atoms with Gasteiger partial charge < -0.3 is 4.57 Å². The lowest BCUT2D eigenvalue weighted by atomic mass is 9.88. The molecule has 0 amide bonds. The fourth-order valence-corrected chi connectivity index (χ4v) is 2.94. The van der Waals surface area contributed by atoms with Gasteiger partial charge in [0, 0.05) is 12.0 Å². The highest BCUT2D eigenvalue weighted by Crippen LogP contribution is 2.65. The van der Waals surface area contributed by atoms with Crippen LogP contribution in [0.1, 0.15) is 25.8 Å². The van der Waals surface area contributed by atoms with Crippen LogP contribution in [0.25, 0.3) is 0 Å². The molecule has 1 atom stereocenters. The lowest BCUT2D eigenvalue weighted by molar-refractivity contribution is 0.433. The fourth-order valence-electron chi connectivity index (χ4n) is 2.94. The van der Waals surface area contributed by atoms with Crippen molar-refractivity contribution in [1.29, 1.82) is 0 Å². The lowest BCUT2D eigenvalue weighted by Crippen LogP contribution is -2.21. The molecule has 0 aliphatic heterocycles. The van der Waals surface area contributed by atoms with Gasteiger partial charge in [-0.15, -0.1) is 10.2 Å². The molecule has 0 N–H and O–H groups in total. The molecule has 1 aliphatic carbocycles. The van der Waals surface area contributed by atoms with Crippen molar-refractivity contribution in [1.82, 2.24) is 14.8 Å². The van der Waals surface area contributed by atoms with Gasteiger partial charge in [0.15, 0.2) is 0 Å². The highest BCUT2D eigenvalue weighted by Gasteiger charge is 2.61. The van der Waals surface area contributed by atoms with Crippen molar-refractivity contribution >= 4 is 0 Å². The molecule has 0 bridgehead atoms. The van der Waals surface area contributed by atoms with E-state index in [0.717, 1.165) is 6.54 Å². The molecule has 17 heavy (non-hydrogen) atoms. The molecule has 1 aromatic heterocycles. The van der Waals surface area contributed by atoms with Gasteiger partial charge in [-0.25, -0.2) is 0 Å². The molecule has 1 saturated carbocycles. The molecule has 0 radical (unpaired) electrons. The van der Waals surface area contributed by atoms with Gasteiger partial charge in [-0.3, -0.25) is 0 Å². The lowest BCUT2D eigenvalue weighted by Gasteiger charge is -2.21. The predicted molar refractivity (Wildman–Crippen MR) is 66.5 cm³/mol. The molecule has 1 aliphatic rings. The van der Waals surface area contributed by atoms with E-state index in [9.17, 15) is 0 Å². The van der Waals surface area contributed by atoms with Gasteiger partial charge in [0.1, 0.15) is 12.7 Å². The third-order valence-corrected chi connectivity index (χ3v) is 4.16. The summed E-state index contributed by atoms with van der Waals surface area (Å²) in [6.07, 6.45) is 4.83. The third kappa shape index (κ3) is 1.57. The SMILES string of the molecule is CC1(C)CC1(Cn1cnnc1)c1ccccc1. The maximum absolute atomic E-state index is 3.89. The van der Waals surface area contributed by atoms with E-state index in [0.29, 0.717) is 5.41 Å². The molecule has 1 aromatic carbocycles. The van der Waals surface area contributed by atoms with E-state index < -0.39 is 0 Å². The van der Waals surface area contributed by atoms with Crippen LogP contribution >= 0.6 is 0 Å². The fraction of sp³-hybridized carbons (Fsp3) is 0.429. The van der Waals surface area contributed by atoms with E-state index in [1.54, 1.807) is 12.7 Å². The predicted octanol–water partition coefficient (Wildman–Crippen LogP) is 2.65. The van der Waals surface area contributed by atoms with Gasteiger partial charge in [-0.05, 0) is 17.4 Å². The molecule has 1 heterocycles. The van der Waals surface area contributed by atoms with E-state index in [1.165, 1.54) is 12.0 Å². The minimum absolute atomic E-state index is 0.247. The van der Waals surface area contributed by atoms with Crippen molar-refractivity contribution in [3.8, 4) is 0 Å². The van der Waals surface area contributed by atoms with Crippen LogP contribution in [0, 0.1) is 5.41 Å². The zero-order valence-electron chi connectivity index (χ0n) is 10.3. The summed E-state index contributed by atoms with van der Waals surface area (Å²) in [5, 5.41) is 7.78. The zero-order valence-corrected chi connectivity index (χ0v) is 10.3. The molecule has 0 saturated heterocycles. The van der Waals surface area contributed by atoms with Crippen LogP contribution in [-0.2, 0) is 12.0 Å². The van der Waals surface area contributed by atoms with Crippen molar-refractivity contribution in [3.63, 3.8) is 0 Å². The average Bonchev–Trinajstić information content (AvgIpc) is 2.68. The van der Waals surface area contributed by atoms with Crippen LogP contribution in [0.4, 0.5) is 0 Å². The molecule has 2 aromatic rings. The zero-order chi connectivity index (χ0) is 11.9. The first-order chi connectivity index (χ1) is 8.14. The van der Waals surface area contributed by atoms with Gasteiger partial charge in [0.05, 0.1) is 0 Å².